The highest BCUT2D eigenvalue weighted by Gasteiger charge is 2.28. The number of amides is 1. The summed E-state index contributed by atoms with van der Waals surface area (Å²) >= 11 is 1.57. The van der Waals surface area contributed by atoms with E-state index in [1.54, 1.807) is 11.3 Å². The minimum Gasteiger partial charge on any atom is -0.494 e. The number of imidazole rings is 1. The van der Waals surface area contributed by atoms with Crippen LogP contribution in [0.5, 0.6) is 5.75 Å². The van der Waals surface area contributed by atoms with Crippen molar-refractivity contribution in [2.45, 2.75) is 33.2 Å². The van der Waals surface area contributed by atoms with Gasteiger partial charge in [-0.1, -0.05) is 59.4 Å². The lowest BCUT2D eigenvalue weighted by atomic mass is 9.97. The summed E-state index contributed by atoms with van der Waals surface area (Å²) in [4.78, 5) is 20.8. The van der Waals surface area contributed by atoms with Crippen LogP contribution in [0.15, 0.2) is 54.7 Å². The van der Waals surface area contributed by atoms with Gasteiger partial charge in [0.15, 0.2) is 0 Å². The summed E-state index contributed by atoms with van der Waals surface area (Å²) in [5.41, 5.74) is 4.24. The summed E-state index contributed by atoms with van der Waals surface area (Å²) in [5.74, 6) is 0.845. The number of aromatic nitrogens is 3. The number of ether oxygens (including phenoxy) is 1. The monoisotopic (exact) mass is 475 g/mol. The van der Waals surface area contributed by atoms with E-state index in [2.05, 4.69) is 41.4 Å². The maximum atomic E-state index is 13.0. The molecule has 1 amide bonds. The van der Waals surface area contributed by atoms with E-state index in [0.717, 1.165) is 52.0 Å². The standard InChI is InChI=1S/C26H29N5O2S/c1-3-33-23-9-5-4-7-20(23)15-27-24(32)21-8-6-14-30(16-21)26-29-31-17-22(28-25(31)34-26)19-12-10-18(2)11-13-19/h4-5,7,9-13,17,21H,3,6,8,14-16H2,1-2H3,(H,27,32)/t21-/m0/s1. The smallest absolute Gasteiger partial charge is 0.225 e. The van der Waals surface area contributed by atoms with Crippen molar-refractivity contribution in [3.8, 4) is 17.0 Å². The van der Waals surface area contributed by atoms with Gasteiger partial charge in [-0.3, -0.25) is 4.79 Å². The number of hydrogen-bond donors (Lipinski definition) is 1. The number of rotatable bonds is 7. The molecule has 1 atom stereocenters. The molecule has 0 unspecified atom stereocenters. The second-order valence-electron chi connectivity index (χ2n) is 8.65. The van der Waals surface area contributed by atoms with E-state index in [9.17, 15) is 4.79 Å². The Hall–Kier alpha value is -3.39. The summed E-state index contributed by atoms with van der Waals surface area (Å²) in [6.07, 6.45) is 3.82. The van der Waals surface area contributed by atoms with Crippen molar-refractivity contribution in [3.05, 3.63) is 65.9 Å². The van der Waals surface area contributed by atoms with E-state index < -0.39 is 0 Å². The average Bonchev–Trinajstić information content (AvgIpc) is 3.44. The Morgan fingerprint density at radius 3 is 2.82 bits per heavy atom. The highest BCUT2D eigenvalue weighted by molar-refractivity contribution is 7.20. The first-order chi connectivity index (χ1) is 16.6. The Morgan fingerprint density at radius 2 is 2.03 bits per heavy atom. The van der Waals surface area contributed by atoms with Crippen LogP contribution in [0.2, 0.25) is 0 Å². The lowest BCUT2D eigenvalue weighted by Gasteiger charge is -2.31. The fourth-order valence-electron chi connectivity index (χ4n) is 4.32. The number of anilines is 1. The maximum Gasteiger partial charge on any atom is 0.225 e. The molecule has 3 heterocycles. The van der Waals surface area contributed by atoms with Gasteiger partial charge >= 0.3 is 0 Å². The fourth-order valence-corrected chi connectivity index (χ4v) is 5.24. The van der Waals surface area contributed by atoms with E-state index in [1.165, 1.54) is 5.56 Å². The molecule has 34 heavy (non-hydrogen) atoms. The number of nitrogens with zero attached hydrogens (tertiary/aromatic N) is 4. The Balaban J connectivity index is 1.23. The number of para-hydroxylation sites is 1. The molecule has 176 valence electrons. The van der Waals surface area contributed by atoms with Gasteiger partial charge in [-0.2, -0.15) is 0 Å². The molecule has 1 aliphatic heterocycles. The summed E-state index contributed by atoms with van der Waals surface area (Å²) in [6, 6.07) is 16.2. The Morgan fingerprint density at radius 1 is 1.21 bits per heavy atom. The van der Waals surface area contributed by atoms with E-state index in [0.29, 0.717) is 19.7 Å². The summed E-state index contributed by atoms with van der Waals surface area (Å²) in [6.45, 7) is 6.68. The number of hydrogen-bond acceptors (Lipinski definition) is 6. The minimum absolute atomic E-state index is 0.0626. The van der Waals surface area contributed by atoms with Crippen molar-refractivity contribution >= 4 is 27.3 Å². The predicted octanol–water partition coefficient (Wildman–Crippen LogP) is 4.70. The minimum atomic E-state index is -0.0626. The molecular formula is C26H29N5O2S. The Labute approximate surface area is 203 Å². The number of aryl methyl sites for hydroxylation is 1. The number of piperidine rings is 1. The van der Waals surface area contributed by atoms with Crippen molar-refractivity contribution < 1.29 is 9.53 Å². The molecule has 0 aliphatic carbocycles. The van der Waals surface area contributed by atoms with Crippen LogP contribution in [-0.2, 0) is 11.3 Å². The Kier molecular flexibility index (Phi) is 6.49. The molecule has 0 radical (unpaired) electrons. The normalized spacial score (nSPS) is 16.1. The fraction of sp³-hybridized carbons (Fsp3) is 0.346. The first-order valence-electron chi connectivity index (χ1n) is 11.8. The van der Waals surface area contributed by atoms with Crippen molar-refractivity contribution in [2.24, 2.45) is 5.92 Å². The topological polar surface area (TPSA) is 71.8 Å². The second kappa shape index (κ2) is 9.85. The van der Waals surface area contributed by atoms with Gasteiger partial charge in [0.05, 0.1) is 24.4 Å². The van der Waals surface area contributed by atoms with E-state index in [4.69, 9.17) is 14.8 Å². The molecule has 1 fully saturated rings. The third kappa shape index (κ3) is 4.77. The number of benzene rings is 2. The van der Waals surface area contributed by atoms with E-state index in [1.807, 2.05) is 41.9 Å². The van der Waals surface area contributed by atoms with Gasteiger partial charge in [0.1, 0.15) is 5.75 Å². The predicted molar refractivity (Wildman–Crippen MR) is 135 cm³/mol. The largest absolute Gasteiger partial charge is 0.494 e. The van der Waals surface area contributed by atoms with Crippen LogP contribution in [0.4, 0.5) is 5.13 Å². The highest BCUT2D eigenvalue weighted by Crippen LogP contribution is 2.30. The quantitative estimate of drug-likeness (QED) is 0.420. The lowest BCUT2D eigenvalue weighted by molar-refractivity contribution is -0.125. The molecule has 1 aliphatic rings. The molecule has 2 aromatic carbocycles. The van der Waals surface area contributed by atoms with Crippen molar-refractivity contribution in [1.29, 1.82) is 0 Å². The molecule has 0 saturated carbocycles. The van der Waals surface area contributed by atoms with Gasteiger partial charge < -0.3 is 15.0 Å². The SMILES string of the molecule is CCOc1ccccc1CNC(=O)[C@H]1CCCN(c2nn3cc(-c4ccc(C)cc4)nc3s2)C1. The first-order valence-corrected chi connectivity index (χ1v) is 12.6. The number of nitrogens with one attached hydrogen (secondary N) is 1. The molecule has 4 aromatic rings. The third-order valence-electron chi connectivity index (χ3n) is 6.17. The van der Waals surface area contributed by atoms with Gasteiger partial charge in [0.2, 0.25) is 16.0 Å². The maximum absolute atomic E-state index is 13.0. The van der Waals surface area contributed by atoms with Crippen LogP contribution in [0.3, 0.4) is 0 Å². The number of fused-ring (bicyclic) bond motifs is 1. The zero-order valence-electron chi connectivity index (χ0n) is 19.5. The zero-order valence-corrected chi connectivity index (χ0v) is 20.3. The average molecular weight is 476 g/mol. The number of carbonyl (C=O) groups is 1. The van der Waals surface area contributed by atoms with E-state index in [-0.39, 0.29) is 11.8 Å². The zero-order chi connectivity index (χ0) is 23.5. The molecule has 5 rings (SSSR count). The highest BCUT2D eigenvalue weighted by atomic mass is 32.1. The van der Waals surface area contributed by atoms with Crippen LogP contribution >= 0.6 is 11.3 Å². The Bertz CT molecular complexity index is 1250. The van der Waals surface area contributed by atoms with Crippen LogP contribution in [0.25, 0.3) is 16.2 Å². The van der Waals surface area contributed by atoms with Crippen molar-refractivity contribution in [1.82, 2.24) is 19.9 Å². The van der Waals surface area contributed by atoms with Crippen molar-refractivity contribution in [2.75, 3.05) is 24.6 Å². The van der Waals surface area contributed by atoms with Crippen molar-refractivity contribution in [3.63, 3.8) is 0 Å². The summed E-state index contributed by atoms with van der Waals surface area (Å²) < 4.78 is 7.53. The molecule has 0 spiro atoms. The summed E-state index contributed by atoms with van der Waals surface area (Å²) in [5, 5.41) is 8.79. The molecule has 7 nitrogen and oxygen atoms in total. The molecular weight excluding hydrogens is 446 g/mol. The van der Waals surface area contributed by atoms with E-state index >= 15 is 0 Å². The first kappa shape index (κ1) is 22.4. The number of carbonyl (C=O) groups excluding carboxylic acids is 1. The molecule has 8 heteroatoms. The van der Waals surface area contributed by atoms with Crippen LogP contribution in [-0.4, -0.2) is 40.2 Å². The van der Waals surface area contributed by atoms with Gasteiger partial charge in [-0.05, 0) is 32.8 Å². The van der Waals surface area contributed by atoms with Gasteiger partial charge in [-0.15, -0.1) is 5.10 Å². The van der Waals surface area contributed by atoms with Gasteiger partial charge in [-0.25, -0.2) is 9.50 Å². The third-order valence-corrected chi connectivity index (χ3v) is 7.15. The van der Waals surface area contributed by atoms with Gasteiger partial charge in [0, 0.05) is 30.8 Å². The molecule has 0 bridgehead atoms. The van der Waals surface area contributed by atoms with Crippen LogP contribution in [0.1, 0.15) is 30.9 Å². The molecule has 1 N–H and O–H groups in total. The second-order valence-corrected chi connectivity index (χ2v) is 9.58. The van der Waals surface area contributed by atoms with Crippen LogP contribution < -0.4 is 15.0 Å². The van der Waals surface area contributed by atoms with Gasteiger partial charge in [0.25, 0.3) is 0 Å². The molecule has 1 saturated heterocycles. The summed E-state index contributed by atoms with van der Waals surface area (Å²) in [7, 11) is 0. The van der Waals surface area contributed by atoms with Crippen LogP contribution in [0, 0.1) is 12.8 Å². The lowest BCUT2D eigenvalue weighted by Crippen LogP contribution is -2.43. The molecule has 2 aromatic heterocycles.